The maximum absolute atomic E-state index is 12.3. The van der Waals surface area contributed by atoms with Gasteiger partial charge in [0.15, 0.2) is 5.16 Å². The second-order valence-electron chi connectivity index (χ2n) is 5.33. The van der Waals surface area contributed by atoms with Crippen LogP contribution in [0.2, 0.25) is 0 Å². The van der Waals surface area contributed by atoms with Gasteiger partial charge in [-0.25, -0.2) is 9.67 Å². The summed E-state index contributed by atoms with van der Waals surface area (Å²) in [5, 5.41) is 8.23. The van der Waals surface area contributed by atoms with E-state index in [9.17, 15) is 4.79 Å². The summed E-state index contributed by atoms with van der Waals surface area (Å²) in [6, 6.07) is 0. The van der Waals surface area contributed by atoms with Gasteiger partial charge in [-0.05, 0) is 39.2 Å². The number of aryl methyl sites for hydroxylation is 1. The molecule has 118 valence electrons. The lowest BCUT2D eigenvalue weighted by Crippen LogP contribution is -2.54. The topological polar surface area (TPSA) is 69.0 Å². The Labute approximate surface area is 130 Å². The molecule has 7 heteroatoms. The van der Waals surface area contributed by atoms with Crippen LogP contribution in [0.4, 0.5) is 0 Å². The number of ether oxygens (including phenoxy) is 1. The van der Waals surface area contributed by atoms with Crippen molar-refractivity contribution >= 4 is 17.7 Å². The van der Waals surface area contributed by atoms with Crippen molar-refractivity contribution in [3.8, 4) is 0 Å². The molecule has 21 heavy (non-hydrogen) atoms. The van der Waals surface area contributed by atoms with Gasteiger partial charge in [-0.15, -0.1) is 0 Å². The van der Waals surface area contributed by atoms with E-state index < -0.39 is 5.54 Å². The van der Waals surface area contributed by atoms with Crippen LogP contribution in [0.5, 0.6) is 0 Å². The van der Waals surface area contributed by atoms with Crippen LogP contribution in [0.1, 0.15) is 32.6 Å². The SMILES string of the molecule is CCOC(=O)C1(NC)CCCC1CCSc1ncnn1C. The molecule has 2 atom stereocenters. The quantitative estimate of drug-likeness (QED) is 0.609. The molecule has 1 N–H and O–H groups in total. The van der Waals surface area contributed by atoms with Gasteiger partial charge >= 0.3 is 5.97 Å². The van der Waals surface area contributed by atoms with Crippen LogP contribution >= 0.6 is 11.8 Å². The lowest BCUT2D eigenvalue weighted by Gasteiger charge is -2.32. The first-order valence-corrected chi connectivity index (χ1v) is 8.45. The van der Waals surface area contributed by atoms with Gasteiger partial charge in [0.1, 0.15) is 11.9 Å². The number of rotatable bonds is 7. The van der Waals surface area contributed by atoms with Crippen LogP contribution in [-0.2, 0) is 16.6 Å². The first-order chi connectivity index (χ1) is 10.1. The molecule has 2 unspecified atom stereocenters. The van der Waals surface area contributed by atoms with Crippen LogP contribution in [-0.4, -0.2) is 45.7 Å². The Balaban J connectivity index is 1.94. The predicted octanol–water partition coefficient (Wildman–Crippen LogP) is 1.62. The van der Waals surface area contributed by atoms with Crippen molar-refractivity contribution in [1.82, 2.24) is 20.1 Å². The number of hydrogen-bond acceptors (Lipinski definition) is 6. The molecule has 1 aromatic rings. The standard InChI is InChI=1S/C14H24N4O2S/c1-4-20-12(19)14(15-2)8-5-6-11(14)7-9-21-13-16-10-17-18(13)3/h10-11,15H,4-9H2,1-3H3. The van der Waals surface area contributed by atoms with Gasteiger partial charge in [0.2, 0.25) is 0 Å². The highest BCUT2D eigenvalue weighted by molar-refractivity contribution is 7.99. The van der Waals surface area contributed by atoms with E-state index in [1.807, 2.05) is 21.0 Å². The van der Waals surface area contributed by atoms with Gasteiger partial charge in [-0.1, -0.05) is 18.2 Å². The fourth-order valence-corrected chi connectivity index (χ4v) is 4.08. The zero-order valence-electron chi connectivity index (χ0n) is 13.0. The van der Waals surface area contributed by atoms with E-state index in [-0.39, 0.29) is 5.97 Å². The van der Waals surface area contributed by atoms with Crippen molar-refractivity contribution in [3.05, 3.63) is 6.33 Å². The summed E-state index contributed by atoms with van der Waals surface area (Å²) in [7, 11) is 3.76. The summed E-state index contributed by atoms with van der Waals surface area (Å²) in [5.74, 6) is 1.15. The van der Waals surface area contributed by atoms with Gasteiger partial charge in [0.05, 0.1) is 6.61 Å². The van der Waals surface area contributed by atoms with Crippen LogP contribution in [0.25, 0.3) is 0 Å². The van der Waals surface area contributed by atoms with Crippen LogP contribution in [0, 0.1) is 5.92 Å². The zero-order valence-corrected chi connectivity index (χ0v) is 13.8. The summed E-state index contributed by atoms with van der Waals surface area (Å²) < 4.78 is 7.06. The van der Waals surface area contributed by atoms with Crippen molar-refractivity contribution in [1.29, 1.82) is 0 Å². The first kappa shape index (κ1) is 16.3. The molecule has 1 heterocycles. The number of hydrogen-bond donors (Lipinski definition) is 1. The molecule has 0 bridgehead atoms. The summed E-state index contributed by atoms with van der Waals surface area (Å²) >= 11 is 1.69. The van der Waals surface area contributed by atoms with Gasteiger partial charge in [0, 0.05) is 12.8 Å². The normalized spacial score (nSPS) is 25.2. The highest BCUT2D eigenvalue weighted by Gasteiger charge is 2.48. The third-order valence-electron chi connectivity index (χ3n) is 4.27. The molecular weight excluding hydrogens is 288 g/mol. The van der Waals surface area contributed by atoms with Crippen LogP contribution in [0.3, 0.4) is 0 Å². The Bertz CT molecular complexity index is 479. The van der Waals surface area contributed by atoms with E-state index in [1.165, 1.54) is 0 Å². The lowest BCUT2D eigenvalue weighted by molar-refractivity contribution is -0.152. The third-order valence-corrected chi connectivity index (χ3v) is 5.34. The number of nitrogens with one attached hydrogen (secondary N) is 1. The number of thioether (sulfide) groups is 1. The van der Waals surface area contributed by atoms with E-state index in [0.717, 1.165) is 36.6 Å². The molecule has 1 aliphatic rings. The van der Waals surface area contributed by atoms with Crippen LogP contribution < -0.4 is 5.32 Å². The van der Waals surface area contributed by atoms with Crippen molar-refractivity contribution in [2.75, 3.05) is 19.4 Å². The third kappa shape index (κ3) is 3.40. The molecule has 0 spiro atoms. The van der Waals surface area contributed by atoms with E-state index in [1.54, 1.807) is 22.8 Å². The smallest absolute Gasteiger partial charge is 0.326 e. The summed E-state index contributed by atoms with van der Waals surface area (Å²) in [6.45, 7) is 2.29. The minimum atomic E-state index is -0.504. The Morgan fingerprint density at radius 3 is 3.10 bits per heavy atom. The molecule has 0 radical (unpaired) electrons. The second kappa shape index (κ2) is 7.26. The van der Waals surface area contributed by atoms with Crippen molar-refractivity contribution in [3.63, 3.8) is 0 Å². The minimum Gasteiger partial charge on any atom is -0.465 e. The molecular formula is C14H24N4O2S. The summed E-state index contributed by atoms with van der Waals surface area (Å²) in [5.41, 5.74) is -0.504. The predicted molar refractivity (Wildman–Crippen MR) is 82.1 cm³/mol. The largest absolute Gasteiger partial charge is 0.465 e. The molecule has 6 nitrogen and oxygen atoms in total. The van der Waals surface area contributed by atoms with Crippen molar-refractivity contribution in [2.45, 2.75) is 43.3 Å². The van der Waals surface area contributed by atoms with Gasteiger partial charge in [-0.3, -0.25) is 4.79 Å². The molecule has 1 fully saturated rings. The molecule has 2 rings (SSSR count). The van der Waals surface area contributed by atoms with E-state index >= 15 is 0 Å². The summed E-state index contributed by atoms with van der Waals surface area (Å²) in [6.07, 6.45) is 5.53. The fourth-order valence-electron chi connectivity index (χ4n) is 3.14. The number of esters is 1. The molecule has 0 aromatic carbocycles. The number of aromatic nitrogens is 3. The molecule has 1 aliphatic carbocycles. The monoisotopic (exact) mass is 312 g/mol. The first-order valence-electron chi connectivity index (χ1n) is 7.47. The number of carbonyl (C=O) groups is 1. The number of likely N-dealkylation sites (N-methyl/N-ethyl adjacent to an activating group) is 1. The highest BCUT2D eigenvalue weighted by Crippen LogP contribution is 2.39. The van der Waals surface area contributed by atoms with Gasteiger partial charge in [-0.2, -0.15) is 5.10 Å². The Morgan fingerprint density at radius 2 is 2.48 bits per heavy atom. The van der Waals surface area contributed by atoms with Gasteiger partial charge < -0.3 is 10.1 Å². The Morgan fingerprint density at radius 1 is 1.67 bits per heavy atom. The van der Waals surface area contributed by atoms with E-state index in [0.29, 0.717) is 12.5 Å². The minimum absolute atomic E-state index is 0.0985. The van der Waals surface area contributed by atoms with Gasteiger partial charge in [0.25, 0.3) is 0 Å². The summed E-state index contributed by atoms with van der Waals surface area (Å²) in [4.78, 5) is 16.5. The van der Waals surface area contributed by atoms with Crippen molar-refractivity contribution in [2.24, 2.45) is 13.0 Å². The molecule has 1 aromatic heterocycles. The number of nitrogens with zero attached hydrogens (tertiary/aromatic N) is 3. The maximum Gasteiger partial charge on any atom is 0.326 e. The zero-order chi connectivity index (χ0) is 15.3. The van der Waals surface area contributed by atoms with Crippen LogP contribution in [0.15, 0.2) is 11.5 Å². The average Bonchev–Trinajstić information content (AvgIpc) is 3.07. The average molecular weight is 312 g/mol. The Kier molecular flexibility index (Phi) is 5.64. The van der Waals surface area contributed by atoms with Crippen molar-refractivity contribution < 1.29 is 9.53 Å². The number of carbonyl (C=O) groups excluding carboxylic acids is 1. The maximum atomic E-state index is 12.3. The molecule has 0 aliphatic heterocycles. The van der Waals surface area contributed by atoms with E-state index in [2.05, 4.69) is 15.4 Å². The van der Waals surface area contributed by atoms with E-state index in [4.69, 9.17) is 4.74 Å². The molecule has 1 saturated carbocycles. The molecule has 0 saturated heterocycles. The fraction of sp³-hybridized carbons (Fsp3) is 0.786. The molecule has 0 amide bonds. The second-order valence-corrected chi connectivity index (χ2v) is 6.40. The Hall–Kier alpha value is -1.08. The highest BCUT2D eigenvalue weighted by atomic mass is 32.2. The lowest BCUT2D eigenvalue weighted by atomic mass is 9.85.